The molecule has 2 heteroatoms. The smallest absolute Gasteiger partial charge is 0.134 e. The zero-order valence-corrected chi connectivity index (χ0v) is 13.0. The van der Waals surface area contributed by atoms with Gasteiger partial charge in [0.05, 0.1) is 6.04 Å². The fourth-order valence-electron chi connectivity index (χ4n) is 2.88. The van der Waals surface area contributed by atoms with Gasteiger partial charge in [0.1, 0.15) is 11.3 Å². The molecule has 108 valence electrons. The van der Waals surface area contributed by atoms with E-state index in [2.05, 4.69) is 64.1 Å². The number of aryl methyl sites for hydroxylation is 4. The molecule has 0 fully saturated rings. The Morgan fingerprint density at radius 2 is 1.57 bits per heavy atom. The second-order valence-electron chi connectivity index (χ2n) is 5.93. The Balaban J connectivity index is 2.15. The lowest BCUT2D eigenvalue weighted by Crippen LogP contribution is -2.13. The summed E-state index contributed by atoms with van der Waals surface area (Å²) in [4.78, 5) is 0. The molecule has 1 aromatic heterocycles. The van der Waals surface area contributed by atoms with Crippen LogP contribution in [0.3, 0.4) is 0 Å². The Morgan fingerprint density at radius 1 is 0.905 bits per heavy atom. The third kappa shape index (κ3) is 2.36. The van der Waals surface area contributed by atoms with Gasteiger partial charge >= 0.3 is 0 Å². The molecule has 3 aromatic rings. The predicted molar refractivity (Wildman–Crippen MR) is 87.6 cm³/mol. The quantitative estimate of drug-likeness (QED) is 0.737. The molecule has 2 aromatic carbocycles. The average molecular weight is 279 g/mol. The number of nitrogens with two attached hydrogens (primary N) is 1. The van der Waals surface area contributed by atoms with Gasteiger partial charge in [0.15, 0.2) is 0 Å². The summed E-state index contributed by atoms with van der Waals surface area (Å²) >= 11 is 0. The van der Waals surface area contributed by atoms with Crippen molar-refractivity contribution in [3.8, 4) is 0 Å². The number of furan rings is 1. The van der Waals surface area contributed by atoms with Gasteiger partial charge in [-0.3, -0.25) is 0 Å². The molecule has 21 heavy (non-hydrogen) atoms. The molecule has 0 aliphatic heterocycles. The van der Waals surface area contributed by atoms with Crippen LogP contribution in [-0.4, -0.2) is 0 Å². The molecule has 2 nitrogen and oxygen atoms in total. The van der Waals surface area contributed by atoms with Crippen LogP contribution >= 0.6 is 0 Å². The Hall–Kier alpha value is -2.06. The molecule has 0 saturated heterocycles. The Labute approximate surface area is 125 Å². The summed E-state index contributed by atoms with van der Waals surface area (Å²) < 4.78 is 6.07. The Morgan fingerprint density at radius 3 is 2.33 bits per heavy atom. The second kappa shape index (κ2) is 5.05. The zero-order chi connectivity index (χ0) is 15.1. The molecule has 3 rings (SSSR count). The number of hydrogen-bond acceptors (Lipinski definition) is 2. The van der Waals surface area contributed by atoms with E-state index in [9.17, 15) is 0 Å². The van der Waals surface area contributed by atoms with Gasteiger partial charge in [-0.2, -0.15) is 0 Å². The molecule has 0 spiro atoms. The van der Waals surface area contributed by atoms with Crippen LogP contribution in [0.15, 0.2) is 40.8 Å². The minimum Gasteiger partial charge on any atom is -0.459 e. The first-order valence-electron chi connectivity index (χ1n) is 7.29. The number of fused-ring (bicyclic) bond motifs is 1. The summed E-state index contributed by atoms with van der Waals surface area (Å²) in [5.74, 6) is 0.865. The van der Waals surface area contributed by atoms with Gasteiger partial charge in [-0.15, -0.1) is 0 Å². The van der Waals surface area contributed by atoms with Gasteiger partial charge in [0, 0.05) is 10.9 Å². The first-order valence-corrected chi connectivity index (χ1v) is 7.29. The van der Waals surface area contributed by atoms with Gasteiger partial charge in [0.25, 0.3) is 0 Å². The first kappa shape index (κ1) is 13.9. The van der Waals surface area contributed by atoms with E-state index in [0.29, 0.717) is 0 Å². The monoisotopic (exact) mass is 279 g/mol. The molecular weight excluding hydrogens is 258 g/mol. The van der Waals surface area contributed by atoms with Crippen LogP contribution in [0.2, 0.25) is 0 Å². The molecule has 0 radical (unpaired) electrons. The van der Waals surface area contributed by atoms with Crippen LogP contribution in [-0.2, 0) is 0 Å². The molecule has 0 bridgehead atoms. The fourth-order valence-corrected chi connectivity index (χ4v) is 2.88. The van der Waals surface area contributed by atoms with Crippen molar-refractivity contribution >= 4 is 11.0 Å². The summed E-state index contributed by atoms with van der Waals surface area (Å²) in [7, 11) is 0. The molecule has 1 atom stereocenters. The number of rotatable bonds is 2. The van der Waals surface area contributed by atoms with Crippen molar-refractivity contribution in [3.63, 3.8) is 0 Å². The van der Waals surface area contributed by atoms with E-state index < -0.39 is 0 Å². The van der Waals surface area contributed by atoms with Crippen molar-refractivity contribution in [2.24, 2.45) is 5.73 Å². The highest BCUT2D eigenvalue weighted by molar-refractivity contribution is 5.83. The molecule has 2 N–H and O–H groups in total. The summed E-state index contributed by atoms with van der Waals surface area (Å²) in [6, 6.07) is 12.4. The van der Waals surface area contributed by atoms with Crippen molar-refractivity contribution in [2.45, 2.75) is 33.7 Å². The molecule has 1 unspecified atom stereocenters. The maximum absolute atomic E-state index is 6.50. The van der Waals surface area contributed by atoms with Crippen molar-refractivity contribution in [1.82, 2.24) is 0 Å². The Kier molecular flexibility index (Phi) is 3.34. The van der Waals surface area contributed by atoms with E-state index in [1.54, 1.807) is 0 Å². The van der Waals surface area contributed by atoms with Gasteiger partial charge < -0.3 is 10.2 Å². The third-order valence-electron chi connectivity index (χ3n) is 4.18. The van der Waals surface area contributed by atoms with Crippen molar-refractivity contribution in [2.75, 3.05) is 0 Å². The van der Waals surface area contributed by atoms with Gasteiger partial charge in [0.2, 0.25) is 0 Å². The zero-order valence-electron chi connectivity index (χ0n) is 13.0. The second-order valence-corrected chi connectivity index (χ2v) is 5.93. The molecule has 0 aliphatic rings. The van der Waals surface area contributed by atoms with E-state index in [1.165, 1.54) is 16.7 Å². The van der Waals surface area contributed by atoms with Crippen LogP contribution in [0, 0.1) is 27.7 Å². The minimum absolute atomic E-state index is 0.224. The van der Waals surface area contributed by atoms with Crippen LogP contribution in [0.1, 0.15) is 39.6 Å². The van der Waals surface area contributed by atoms with Crippen molar-refractivity contribution < 1.29 is 4.42 Å². The highest BCUT2D eigenvalue weighted by Crippen LogP contribution is 2.33. The maximum atomic E-state index is 6.50. The highest BCUT2D eigenvalue weighted by atomic mass is 16.3. The summed E-state index contributed by atoms with van der Waals surface area (Å²) in [5.41, 5.74) is 13.3. The Bertz CT molecular complexity index is 814. The maximum Gasteiger partial charge on any atom is 0.134 e. The summed E-state index contributed by atoms with van der Waals surface area (Å²) in [6.45, 7) is 8.34. The highest BCUT2D eigenvalue weighted by Gasteiger charge is 2.20. The van der Waals surface area contributed by atoms with Gasteiger partial charge in [-0.05, 0) is 50.5 Å². The van der Waals surface area contributed by atoms with E-state index in [1.807, 2.05) is 0 Å². The van der Waals surface area contributed by atoms with Crippen molar-refractivity contribution in [1.29, 1.82) is 0 Å². The first-order chi connectivity index (χ1) is 9.97. The molecule has 0 amide bonds. The number of benzene rings is 2. The van der Waals surface area contributed by atoms with Crippen LogP contribution in [0.25, 0.3) is 11.0 Å². The van der Waals surface area contributed by atoms with Crippen LogP contribution < -0.4 is 5.73 Å². The van der Waals surface area contributed by atoms with Crippen LogP contribution in [0.5, 0.6) is 0 Å². The normalized spacial score (nSPS) is 12.8. The van der Waals surface area contributed by atoms with Crippen molar-refractivity contribution in [3.05, 3.63) is 70.0 Å². The largest absolute Gasteiger partial charge is 0.459 e. The standard InChI is InChI=1S/C19H21NO/c1-11-5-7-13(3)16(9-11)18(20)19-14(4)15-8-6-12(2)10-17(15)21-19/h5-10,18H,20H2,1-4H3. The molecule has 0 aliphatic carbocycles. The topological polar surface area (TPSA) is 39.2 Å². The van der Waals surface area contributed by atoms with E-state index in [0.717, 1.165) is 27.9 Å². The van der Waals surface area contributed by atoms with Gasteiger partial charge in [-0.25, -0.2) is 0 Å². The lowest BCUT2D eigenvalue weighted by molar-refractivity contribution is 0.520. The number of hydrogen-bond donors (Lipinski definition) is 1. The molecule has 1 heterocycles. The third-order valence-corrected chi connectivity index (χ3v) is 4.18. The van der Waals surface area contributed by atoms with E-state index in [-0.39, 0.29) is 6.04 Å². The predicted octanol–water partition coefficient (Wildman–Crippen LogP) is 4.71. The summed E-state index contributed by atoms with van der Waals surface area (Å²) in [5, 5.41) is 1.15. The average Bonchev–Trinajstić information content (AvgIpc) is 2.77. The minimum atomic E-state index is -0.224. The molecular formula is C19H21NO. The lowest BCUT2D eigenvalue weighted by atomic mass is 9.96. The summed E-state index contributed by atoms with van der Waals surface area (Å²) in [6.07, 6.45) is 0. The SMILES string of the molecule is Cc1ccc(C)c(C(N)c2oc3cc(C)ccc3c2C)c1. The van der Waals surface area contributed by atoms with E-state index >= 15 is 0 Å². The fraction of sp³-hybridized carbons (Fsp3) is 0.263. The van der Waals surface area contributed by atoms with Gasteiger partial charge in [-0.1, -0.05) is 35.9 Å². The van der Waals surface area contributed by atoms with Crippen LogP contribution in [0.4, 0.5) is 0 Å². The van der Waals surface area contributed by atoms with E-state index in [4.69, 9.17) is 10.2 Å². The lowest BCUT2D eigenvalue weighted by Gasteiger charge is -2.14. The molecule has 0 saturated carbocycles.